The number of carbonyl (C=O) groups excluding carboxylic acids is 1. The SMILES string of the molecule is C[C@](O)(CNC(=O)c1cscn1)c1ccccc1Cl. The number of aliphatic hydroxyl groups is 1. The quantitative estimate of drug-likeness (QED) is 0.911. The minimum atomic E-state index is -1.23. The van der Waals surface area contributed by atoms with Gasteiger partial charge in [-0.2, -0.15) is 0 Å². The van der Waals surface area contributed by atoms with Crippen molar-refractivity contribution in [1.29, 1.82) is 0 Å². The minimum absolute atomic E-state index is 0.0626. The molecule has 1 atom stereocenters. The number of carbonyl (C=O) groups is 1. The van der Waals surface area contributed by atoms with E-state index in [1.54, 1.807) is 42.1 Å². The number of rotatable bonds is 4. The molecule has 1 aromatic heterocycles. The van der Waals surface area contributed by atoms with Gasteiger partial charge in [-0.3, -0.25) is 4.79 Å². The van der Waals surface area contributed by atoms with Crippen molar-refractivity contribution in [3.63, 3.8) is 0 Å². The smallest absolute Gasteiger partial charge is 0.270 e. The summed E-state index contributed by atoms with van der Waals surface area (Å²) in [6, 6.07) is 7.01. The Morgan fingerprint density at radius 1 is 1.53 bits per heavy atom. The first-order valence-electron chi connectivity index (χ1n) is 5.64. The van der Waals surface area contributed by atoms with Crippen LogP contribution in [0.15, 0.2) is 35.2 Å². The summed E-state index contributed by atoms with van der Waals surface area (Å²) in [5.41, 5.74) is 1.28. The monoisotopic (exact) mass is 296 g/mol. The maximum atomic E-state index is 11.8. The van der Waals surface area contributed by atoms with E-state index in [0.717, 1.165) is 0 Å². The molecule has 0 fully saturated rings. The lowest BCUT2D eigenvalue weighted by atomic mass is 9.96. The number of aromatic nitrogens is 1. The van der Waals surface area contributed by atoms with Gasteiger partial charge < -0.3 is 10.4 Å². The molecule has 4 nitrogen and oxygen atoms in total. The number of benzene rings is 1. The second-order valence-corrected chi connectivity index (χ2v) is 5.44. The lowest BCUT2D eigenvalue weighted by molar-refractivity contribution is 0.0526. The summed E-state index contributed by atoms with van der Waals surface area (Å²) in [4.78, 5) is 15.7. The summed E-state index contributed by atoms with van der Waals surface area (Å²) in [5, 5.41) is 15.2. The van der Waals surface area contributed by atoms with Gasteiger partial charge in [-0.15, -0.1) is 11.3 Å². The van der Waals surface area contributed by atoms with Crippen LogP contribution in [0.1, 0.15) is 23.0 Å². The van der Waals surface area contributed by atoms with E-state index in [4.69, 9.17) is 11.6 Å². The molecule has 19 heavy (non-hydrogen) atoms. The molecular weight excluding hydrogens is 284 g/mol. The number of halogens is 1. The number of thiazole rings is 1. The van der Waals surface area contributed by atoms with Crippen molar-refractivity contribution in [3.05, 3.63) is 51.4 Å². The zero-order valence-corrected chi connectivity index (χ0v) is 11.8. The van der Waals surface area contributed by atoms with Gasteiger partial charge in [-0.1, -0.05) is 29.8 Å². The summed E-state index contributed by atoms with van der Waals surface area (Å²) in [7, 11) is 0. The molecule has 1 aromatic carbocycles. The Kier molecular flexibility index (Phi) is 4.19. The largest absolute Gasteiger partial charge is 0.384 e. The fourth-order valence-corrected chi connectivity index (χ4v) is 2.53. The van der Waals surface area contributed by atoms with Crippen LogP contribution >= 0.6 is 22.9 Å². The molecule has 0 saturated carbocycles. The molecule has 0 unspecified atom stereocenters. The maximum Gasteiger partial charge on any atom is 0.270 e. The Hall–Kier alpha value is -1.43. The second-order valence-electron chi connectivity index (χ2n) is 4.31. The minimum Gasteiger partial charge on any atom is -0.384 e. The van der Waals surface area contributed by atoms with Crippen LogP contribution in [0.2, 0.25) is 5.02 Å². The Morgan fingerprint density at radius 2 is 2.26 bits per heavy atom. The Labute approximate surface area is 120 Å². The van der Waals surface area contributed by atoms with Crippen LogP contribution in [-0.2, 0) is 5.60 Å². The number of hydrogen-bond donors (Lipinski definition) is 2. The van der Waals surface area contributed by atoms with Crippen LogP contribution in [0, 0.1) is 0 Å². The molecule has 2 N–H and O–H groups in total. The standard InChI is InChI=1S/C13H13ClN2O2S/c1-13(18,9-4-2-3-5-10(9)14)7-15-12(17)11-6-19-8-16-11/h2-6,8,18H,7H2,1H3,(H,15,17)/t13-/m0/s1. The first kappa shape index (κ1) is 14.0. The first-order chi connectivity index (χ1) is 9.00. The van der Waals surface area contributed by atoms with E-state index in [1.807, 2.05) is 0 Å². The van der Waals surface area contributed by atoms with Crippen molar-refractivity contribution < 1.29 is 9.90 Å². The summed E-state index contributed by atoms with van der Waals surface area (Å²) in [6.07, 6.45) is 0. The van der Waals surface area contributed by atoms with Gasteiger partial charge in [0.25, 0.3) is 5.91 Å². The highest BCUT2D eigenvalue weighted by molar-refractivity contribution is 7.07. The average Bonchev–Trinajstić information content (AvgIpc) is 2.90. The van der Waals surface area contributed by atoms with Crippen LogP contribution in [-0.4, -0.2) is 22.5 Å². The molecule has 2 aromatic rings. The van der Waals surface area contributed by atoms with E-state index in [1.165, 1.54) is 11.3 Å². The van der Waals surface area contributed by atoms with E-state index < -0.39 is 5.60 Å². The van der Waals surface area contributed by atoms with Crippen molar-refractivity contribution in [2.24, 2.45) is 0 Å². The molecule has 0 spiro atoms. The number of hydrogen-bond acceptors (Lipinski definition) is 4. The zero-order valence-electron chi connectivity index (χ0n) is 10.3. The van der Waals surface area contributed by atoms with E-state index >= 15 is 0 Å². The average molecular weight is 297 g/mol. The van der Waals surface area contributed by atoms with E-state index in [2.05, 4.69) is 10.3 Å². The highest BCUT2D eigenvalue weighted by Gasteiger charge is 2.26. The molecule has 6 heteroatoms. The van der Waals surface area contributed by atoms with Gasteiger partial charge in [0.2, 0.25) is 0 Å². The zero-order chi connectivity index (χ0) is 13.9. The highest BCUT2D eigenvalue weighted by Crippen LogP contribution is 2.27. The van der Waals surface area contributed by atoms with Crippen molar-refractivity contribution in [2.75, 3.05) is 6.54 Å². The van der Waals surface area contributed by atoms with Crippen LogP contribution in [0.25, 0.3) is 0 Å². The van der Waals surface area contributed by atoms with Crippen LogP contribution < -0.4 is 5.32 Å². The molecule has 2 rings (SSSR count). The van der Waals surface area contributed by atoms with Crippen LogP contribution in [0.4, 0.5) is 0 Å². The second kappa shape index (κ2) is 5.69. The molecule has 0 aliphatic rings. The van der Waals surface area contributed by atoms with E-state index in [9.17, 15) is 9.90 Å². The van der Waals surface area contributed by atoms with Crippen molar-refractivity contribution >= 4 is 28.8 Å². The van der Waals surface area contributed by atoms with E-state index in [0.29, 0.717) is 16.3 Å². The Bertz CT molecular complexity index is 570. The molecule has 100 valence electrons. The predicted octanol–water partition coefficient (Wildman–Crippen LogP) is 2.43. The molecule has 0 aliphatic carbocycles. The molecular formula is C13H13ClN2O2S. The van der Waals surface area contributed by atoms with E-state index in [-0.39, 0.29) is 12.5 Å². The van der Waals surface area contributed by atoms with Crippen molar-refractivity contribution in [1.82, 2.24) is 10.3 Å². The maximum absolute atomic E-state index is 11.8. The molecule has 0 aliphatic heterocycles. The van der Waals surface area contributed by atoms with Gasteiger partial charge in [-0.05, 0) is 13.0 Å². The van der Waals surface area contributed by atoms with Gasteiger partial charge in [-0.25, -0.2) is 4.98 Å². The summed E-state index contributed by atoms with van der Waals surface area (Å²) >= 11 is 7.38. The molecule has 1 heterocycles. The number of nitrogens with one attached hydrogen (secondary N) is 1. The number of nitrogens with zero attached hydrogens (tertiary/aromatic N) is 1. The third kappa shape index (κ3) is 3.32. The highest BCUT2D eigenvalue weighted by atomic mass is 35.5. The lowest BCUT2D eigenvalue weighted by Gasteiger charge is -2.25. The number of amides is 1. The van der Waals surface area contributed by atoms with Gasteiger partial charge in [0.1, 0.15) is 11.3 Å². The molecule has 0 radical (unpaired) electrons. The topological polar surface area (TPSA) is 62.2 Å². The first-order valence-corrected chi connectivity index (χ1v) is 6.96. The Morgan fingerprint density at radius 3 is 2.89 bits per heavy atom. The normalized spacial score (nSPS) is 13.8. The van der Waals surface area contributed by atoms with Gasteiger partial charge in [0.05, 0.1) is 12.1 Å². The summed E-state index contributed by atoms with van der Waals surface area (Å²) < 4.78 is 0. The Balaban J connectivity index is 2.06. The summed E-state index contributed by atoms with van der Waals surface area (Å²) in [5.74, 6) is -0.312. The van der Waals surface area contributed by atoms with Crippen LogP contribution in [0.5, 0.6) is 0 Å². The van der Waals surface area contributed by atoms with Crippen LogP contribution in [0.3, 0.4) is 0 Å². The lowest BCUT2D eigenvalue weighted by Crippen LogP contribution is -2.38. The van der Waals surface area contributed by atoms with Crippen molar-refractivity contribution in [2.45, 2.75) is 12.5 Å². The molecule has 1 amide bonds. The molecule has 0 saturated heterocycles. The van der Waals surface area contributed by atoms with Gasteiger partial charge in [0, 0.05) is 16.0 Å². The third-order valence-electron chi connectivity index (χ3n) is 2.71. The van der Waals surface area contributed by atoms with Crippen molar-refractivity contribution in [3.8, 4) is 0 Å². The summed E-state index contributed by atoms with van der Waals surface area (Å²) in [6.45, 7) is 1.67. The van der Waals surface area contributed by atoms with Gasteiger partial charge in [0.15, 0.2) is 0 Å². The fraction of sp³-hybridized carbons (Fsp3) is 0.231. The predicted molar refractivity (Wildman–Crippen MR) is 75.5 cm³/mol. The fourth-order valence-electron chi connectivity index (χ4n) is 1.66. The molecule has 0 bridgehead atoms. The van der Waals surface area contributed by atoms with Gasteiger partial charge >= 0.3 is 0 Å². The third-order valence-corrected chi connectivity index (χ3v) is 3.63.